The van der Waals surface area contributed by atoms with E-state index in [1.165, 1.54) is 24.4 Å². The monoisotopic (exact) mass is 504 g/mol. The number of carbonyl (C=O) groups is 1. The van der Waals surface area contributed by atoms with Crippen LogP contribution in [0.2, 0.25) is 5.02 Å². The maximum Gasteiger partial charge on any atom is 0.254 e. The number of pyridine rings is 2. The Labute approximate surface area is 203 Å². The van der Waals surface area contributed by atoms with Crippen LogP contribution in [-0.4, -0.2) is 42.8 Å². The quantitative estimate of drug-likeness (QED) is 0.399. The number of aromatic nitrogens is 2. The molecule has 34 heavy (non-hydrogen) atoms. The minimum absolute atomic E-state index is 0.0109. The first-order valence-electron chi connectivity index (χ1n) is 10.7. The van der Waals surface area contributed by atoms with Crippen molar-refractivity contribution in [1.29, 1.82) is 0 Å². The lowest BCUT2D eigenvalue weighted by Crippen LogP contribution is -2.26. The number of halogens is 2. The van der Waals surface area contributed by atoms with Gasteiger partial charge in [-0.1, -0.05) is 25.4 Å². The Morgan fingerprint density at radius 2 is 1.91 bits per heavy atom. The molecule has 7 nitrogen and oxygen atoms in total. The highest BCUT2D eigenvalue weighted by Gasteiger charge is 2.17. The van der Waals surface area contributed by atoms with Crippen molar-refractivity contribution in [2.45, 2.75) is 26.2 Å². The van der Waals surface area contributed by atoms with E-state index in [-0.39, 0.29) is 29.7 Å². The first-order chi connectivity index (χ1) is 16.0. The van der Waals surface area contributed by atoms with Crippen molar-refractivity contribution < 1.29 is 17.6 Å². The highest BCUT2D eigenvalue weighted by molar-refractivity contribution is 7.90. The average molecular weight is 505 g/mol. The summed E-state index contributed by atoms with van der Waals surface area (Å²) in [6, 6.07) is 7.66. The molecule has 10 heteroatoms. The summed E-state index contributed by atoms with van der Waals surface area (Å²) in [5.74, 6) is -0.741. The minimum atomic E-state index is -3.10. The number of anilines is 2. The summed E-state index contributed by atoms with van der Waals surface area (Å²) in [6.45, 7) is 4.22. The van der Waals surface area contributed by atoms with Crippen molar-refractivity contribution in [2.75, 3.05) is 23.9 Å². The predicted octanol–water partition coefficient (Wildman–Crippen LogP) is 4.97. The SMILES string of the molecule is CC(C)c1cnc(-c2cc(Cl)ccc2F)cc1Nc1ccncc1C(=O)NCCCS(C)(=O)=O. The van der Waals surface area contributed by atoms with Crippen molar-refractivity contribution in [2.24, 2.45) is 0 Å². The van der Waals surface area contributed by atoms with Crippen molar-refractivity contribution in [3.05, 3.63) is 70.9 Å². The molecule has 1 aromatic carbocycles. The molecular formula is C24H26ClFN4O3S. The lowest BCUT2D eigenvalue weighted by molar-refractivity contribution is 0.0954. The van der Waals surface area contributed by atoms with Crippen LogP contribution in [0, 0.1) is 5.82 Å². The zero-order chi connectivity index (χ0) is 24.9. The van der Waals surface area contributed by atoms with Crippen molar-refractivity contribution in [3.8, 4) is 11.3 Å². The van der Waals surface area contributed by atoms with Crippen LogP contribution >= 0.6 is 11.6 Å². The highest BCUT2D eigenvalue weighted by Crippen LogP contribution is 2.33. The standard InChI is InChI=1S/C24H26ClFN4O3S/c1-15(2)18-14-29-22(17-11-16(25)5-6-20(17)26)12-23(18)30-21-7-9-27-13-19(21)24(31)28-8-4-10-34(3,32)33/h5-7,9,11-15H,4,8,10H2,1-3H3,(H,28,31)(H,27,29,30). The van der Waals surface area contributed by atoms with Gasteiger partial charge < -0.3 is 10.6 Å². The van der Waals surface area contributed by atoms with Gasteiger partial charge in [-0.05, 0) is 48.2 Å². The second-order valence-corrected chi connectivity index (χ2v) is 10.9. The van der Waals surface area contributed by atoms with E-state index < -0.39 is 15.7 Å². The molecule has 3 aromatic rings. The molecular weight excluding hydrogens is 479 g/mol. The molecule has 0 fully saturated rings. The fraction of sp³-hybridized carbons (Fsp3) is 0.292. The molecule has 0 bridgehead atoms. The number of hydrogen-bond acceptors (Lipinski definition) is 6. The number of carbonyl (C=O) groups excluding carboxylic acids is 1. The van der Waals surface area contributed by atoms with E-state index in [1.807, 2.05) is 13.8 Å². The number of hydrogen-bond donors (Lipinski definition) is 2. The van der Waals surface area contributed by atoms with Crippen LogP contribution in [0.3, 0.4) is 0 Å². The lowest BCUT2D eigenvalue weighted by Gasteiger charge is -2.18. The summed E-state index contributed by atoms with van der Waals surface area (Å²) in [7, 11) is -3.10. The second-order valence-electron chi connectivity index (χ2n) is 8.22. The number of nitrogens with zero attached hydrogens (tertiary/aromatic N) is 2. The van der Waals surface area contributed by atoms with E-state index in [0.717, 1.165) is 11.8 Å². The first-order valence-corrected chi connectivity index (χ1v) is 13.1. The molecule has 1 amide bonds. The van der Waals surface area contributed by atoms with Gasteiger partial charge in [-0.25, -0.2) is 12.8 Å². The van der Waals surface area contributed by atoms with Crippen molar-refractivity contribution in [1.82, 2.24) is 15.3 Å². The van der Waals surface area contributed by atoms with Gasteiger partial charge in [-0.15, -0.1) is 0 Å². The van der Waals surface area contributed by atoms with Gasteiger partial charge in [-0.3, -0.25) is 14.8 Å². The van der Waals surface area contributed by atoms with Crippen LogP contribution in [-0.2, 0) is 9.84 Å². The van der Waals surface area contributed by atoms with Gasteiger partial charge in [0.15, 0.2) is 0 Å². The fourth-order valence-corrected chi connectivity index (χ4v) is 4.18. The topological polar surface area (TPSA) is 101 Å². The van der Waals surface area contributed by atoms with Gasteiger partial charge in [0.1, 0.15) is 15.7 Å². The third-order valence-electron chi connectivity index (χ3n) is 5.07. The summed E-state index contributed by atoms with van der Waals surface area (Å²) < 4.78 is 37.0. The Morgan fingerprint density at radius 1 is 1.15 bits per heavy atom. The van der Waals surface area contributed by atoms with E-state index in [4.69, 9.17) is 11.6 Å². The molecule has 0 spiro atoms. The van der Waals surface area contributed by atoms with E-state index in [1.54, 1.807) is 24.5 Å². The van der Waals surface area contributed by atoms with Gasteiger partial charge >= 0.3 is 0 Å². The second kappa shape index (κ2) is 10.9. The molecule has 0 aliphatic rings. The molecule has 0 atom stereocenters. The third-order valence-corrected chi connectivity index (χ3v) is 6.34. The summed E-state index contributed by atoms with van der Waals surface area (Å²) in [4.78, 5) is 21.2. The van der Waals surface area contributed by atoms with E-state index in [0.29, 0.717) is 34.1 Å². The van der Waals surface area contributed by atoms with Crippen LogP contribution in [0.5, 0.6) is 0 Å². The van der Waals surface area contributed by atoms with Gasteiger partial charge in [0.2, 0.25) is 0 Å². The number of nitrogens with one attached hydrogen (secondary N) is 2. The van der Waals surface area contributed by atoms with Crippen LogP contribution in [0.15, 0.2) is 48.9 Å². The molecule has 0 unspecified atom stereocenters. The molecule has 0 saturated heterocycles. The summed E-state index contributed by atoms with van der Waals surface area (Å²) >= 11 is 6.06. The van der Waals surface area contributed by atoms with Gasteiger partial charge in [-0.2, -0.15) is 0 Å². The van der Waals surface area contributed by atoms with E-state index >= 15 is 0 Å². The molecule has 180 valence electrons. The number of amides is 1. The molecule has 0 radical (unpaired) electrons. The van der Waals surface area contributed by atoms with Gasteiger partial charge in [0, 0.05) is 47.7 Å². The Morgan fingerprint density at radius 3 is 2.62 bits per heavy atom. The molecule has 0 saturated carbocycles. The molecule has 0 aliphatic heterocycles. The van der Waals surface area contributed by atoms with E-state index in [2.05, 4.69) is 20.6 Å². The molecule has 0 aliphatic carbocycles. The number of rotatable bonds is 9. The predicted molar refractivity (Wildman–Crippen MR) is 133 cm³/mol. The zero-order valence-electron chi connectivity index (χ0n) is 19.1. The average Bonchev–Trinajstić information content (AvgIpc) is 2.77. The van der Waals surface area contributed by atoms with Crippen LogP contribution < -0.4 is 10.6 Å². The lowest BCUT2D eigenvalue weighted by atomic mass is 10.0. The summed E-state index contributed by atoms with van der Waals surface area (Å²) in [5, 5.41) is 6.39. The smallest absolute Gasteiger partial charge is 0.254 e. The maximum absolute atomic E-state index is 14.4. The molecule has 2 heterocycles. The Bertz CT molecular complexity index is 1300. The third kappa shape index (κ3) is 6.74. The van der Waals surface area contributed by atoms with Gasteiger partial charge in [0.05, 0.1) is 22.7 Å². The largest absolute Gasteiger partial charge is 0.354 e. The molecule has 2 aromatic heterocycles. The normalized spacial score (nSPS) is 11.5. The van der Waals surface area contributed by atoms with Gasteiger partial charge in [0.25, 0.3) is 5.91 Å². The van der Waals surface area contributed by atoms with Crippen molar-refractivity contribution in [3.63, 3.8) is 0 Å². The number of benzene rings is 1. The van der Waals surface area contributed by atoms with Crippen LogP contribution in [0.1, 0.15) is 42.1 Å². The summed E-state index contributed by atoms with van der Waals surface area (Å²) in [6.07, 6.45) is 6.12. The first kappa shape index (κ1) is 25.6. The summed E-state index contributed by atoms with van der Waals surface area (Å²) in [5.41, 5.74) is 3.00. The Balaban J connectivity index is 1.90. The maximum atomic E-state index is 14.4. The highest BCUT2D eigenvalue weighted by atomic mass is 35.5. The molecule has 3 rings (SSSR count). The number of sulfone groups is 1. The fourth-order valence-electron chi connectivity index (χ4n) is 3.34. The zero-order valence-corrected chi connectivity index (χ0v) is 20.7. The van der Waals surface area contributed by atoms with Crippen LogP contribution in [0.4, 0.5) is 15.8 Å². The Kier molecular flexibility index (Phi) is 8.22. The minimum Gasteiger partial charge on any atom is -0.354 e. The van der Waals surface area contributed by atoms with Crippen molar-refractivity contribution >= 4 is 38.7 Å². The van der Waals surface area contributed by atoms with E-state index in [9.17, 15) is 17.6 Å². The molecule has 2 N–H and O–H groups in total. The Hall–Kier alpha value is -3.04. The van der Waals surface area contributed by atoms with Crippen LogP contribution in [0.25, 0.3) is 11.3 Å².